The van der Waals surface area contributed by atoms with Crippen molar-refractivity contribution in [2.45, 2.75) is 41.5 Å². The molecular formula is C34H54. The molecule has 0 amide bonds. The van der Waals surface area contributed by atoms with E-state index in [2.05, 4.69) is 92.1 Å². The number of allylic oxidation sites excluding steroid dienone is 14. The maximum absolute atomic E-state index is 3.56. The van der Waals surface area contributed by atoms with Gasteiger partial charge in [0, 0.05) is 0 Å². The molecular weight excluding hydrogens is 408 g/mol. The van der Waals surface area contributed by atoms with Crippen molar-refractivity contribution in [2.24, 2.45) is 0 Å². The molecule has 0 aromatic carbocycles. The molecule has 0 aliphatic rings. The lowest BCUT2D eigenvalue weighted by Gasteiger charge is -1.71. The Labute approximate surface area is 215 Å². The predicted molar refractivity (Wildman–Crippen MR) is 170 cm³/mol. The van der Waals surface area contributed by atoms with Crippen LogP contribution in [-0.2, 0) is 0 Å². The van der Waals surface area contributed by atoms with Crippen molar-refractivity contribution in [3.63, 3.8) is 0 Å². The van der Waals surface area contributed by atoms with Gasteiger partial charge in [-0.1, -0.05) is 174 Å². The van der Waals surface area contributed by atoms with Crippen LogP contribution in [0.2, 0.25) is 0 Å². The zero-order valence-corrected chi connectivity index (χ0v) is 23.5. The van der Waals surface area contributed by atoms with E-state index >= 15 is 0 Å². The molecule has 190 valence electrons. The fraction of sp³-hybridized carbons (Fsp3) is 0.176. The van der Waals surface area contributed by atoms with Gasteiger partial charge < -0.3 is 0 Å². The van der Waals surface area contributed by atoms with Gasteiger partial charge >= 0.3 is 0 Å². The minimum absolute atomic E-state index is 1.02. The Balaban J connectivity index is -0.0000000501. The Kier molecular flexibility index (Phi) is 66.6. The summed E-state index contributed by atoms with van der Waals surface area (Å²) in [7, 11) is 0. The van der Waals surface area contributed by atoms with Gasteiger partial charge in [-0.05, 0) is 41.5 Å². The molecule has 0 saturated carbocycles. The van der Waals surface area contributed by atoms with Gasteiger partial charge in [-0.2, -0.15) is 0 Å². The first-order valence-corrected chi connectivity index (χ1v) is 10.5. The standard InChI is InChI=1S/6C5H8.C4H6/c6*1-4-5(2)3;1-3-4-2/h6*4H,1-2H2,3H3;3-4H,1-2H2. The summed E-state index contributed by atoms with van der Waals surface area (Å²) in [6.07, 6.45) is 13.6. The number of hydrogen-bond donors (Lipinski definition) is 0. The Morgan fingerprint density at radius 3 is 0.353 bits per heavy atom. The average Bonchev–Trinajstić information content (AvgIpc) is 2.80. The summed E-state index contributed by atoms with van der Waals surface area (Å²) in [6.45, 7) is 60.3. The molecule has 0 saturated heterocycles. The maximum Gasteiger partial charge on any atom is -0.0404 e. The Morgan fingerprint density at radius 2 is 0.353 bits per heavy atom. The minimum atomic E-state index is 1.02. The SMILES string of the molecule is C=CC(=C)C.C=CC(=C)C.C=CC(=C)C.C=CC(=C)C.C=CC(=C)C.C=CC(=C)C.C=CC=C. The van der Waals surface area contributed by atoms with E-state index in [1.54, 1.807) is 48.6 Å². The van der Waals surface area contributed by atoms with Crippen LogP contribution in [0.25, 0.3) is 0 Å². The summed E-state index contributed by atoms with van der Waals surface area (Å²) >= 11 is 0. The van der Waals surface area contributed by atoms with Gasteiger partial charge in [0.15, 0.2) is 0 Å². The second-order valence-electron chi connectivity index (χ2n) is 6.77. The second-order valence-corrected chi connectivity index (χ2v) is 6.77. The molecule has 0 bridgehead atoms. The van der Waals surface area contributed by atoms with Crippen LogP contribution in [-0.4, -0.2) is 0 Å². The molecule has 0 radical (unpaired) electrons. The van der Waals surface area contributed by atoms with Gasteiger partial charge in [0.2, 0.25) is 0 Å². The van der Waals surface area contributed by atoms with Crippen molar-refractivity contribution in [3.05, 3.63) is 174 Å². The lowest BCUT2D eigenvalue weighted by Crippen LogP contribution is -1.50. The third-order valence-electron chi connectivity index (χ3n) is 2.26. The van der Waals surface area contributed by atoms with Gasteiger partial charge in [-0.25, -0.2) is 0 Å². The van der Waals surface area contributed by atoms with Gasteiger partial charge in [-0.15, -0.1) is 0 Å². The summed E-state index contributed by atoms with van der Waals surface area (Å²) in [5.74, 6) is 0. The van der Waals surface area contributed by atoms with Gasteiger partial charge in [0.25, 0.3) is 0 Å². The normalized spacial score (nSPS) is 6.41. The van der Waals surface area contributed by atoms with Crippen molar-refractivity contribution < 1.29 is 0 Å². The lowest BCUT2D eigenvalue weighted by molar-refractivity contribution is 1.58. The predicted octanol–water partition coefficient (Wildman–Crippen LogP) is 11.8. The molecule has 0 rings (SSSR count). The van der Waals surface area contributed by atoms with Gasteiger partial charge in [-0.3, -0.25) is 0 Å². The molecule has 0 N–H and O–H groups in total. The molecule has 0 spiro atoms. The highest BCUT2D eigenvalue weighted by molar-refractivity contribution is 5.08. The van der Waals surface area contributed by atoms with Crippen LogP contribution < -0.4 is 0 Å². The molecule has 0 atom stereocenters. The topological polar surface area (TPSA) is 0 Å². The molecule has 0 nitrogen and oxygen atoms in total. The van der Waals surface area contributed by atoms with Crippen LogP contribution in [0, 0.1) is 0 Å². The smallest absolute Gasteiger partial charge is 0.0404 e. The molecule has 0 heterocycles. The Morgan fingerprint density at radius 1 is 0.294 bits per heavy atom. The van der Waals surface area contributed by atoms with Crippen LogP contribution in [0.1, 0.15) is 41.5 Å². The summed E-state index contributed by atoms with van der Waals surface area (Å²) in [5.41, 5.74) is 6.11. The van der Waals surface area contributed by atoms with E-state index in [1.165, 1.54) is 0 Å². The quantitative estimate of drug-likeness (QED) is 0.330. The maximum atomic E-state index is 3.56. The Hall–Kier alpha value is -3.64. The lowest BCUT2D eigenvalue weighted by atomic mass is 10.4. The Bertz CT molecular complexity index is 523. The third kappa shape index (κ3) is 242. The molecule has 0 fully saturated rings. The van der Waals surface area contributed by atoms with E-state index in [0.29, 0.717) is 0 Å². The molecule has 0 unspecified atom stereocenters. The van der Waals surface area contributed by atoms with Crippen LogP contribution in [0.4, 0.5) is 0 Å². The molecule has 0 aliphatic heterocycles. The summed E-state index contributed by atoms with van der Waals surface area (Å²) in [4.78, 5) is 0. The van der Waals surface area contributed by atoms with Crippen molar-refractivity contribution in [2.75, 3.05) is 0 Å². The highest BCUT2D eigenvalue weighted by atomic mass is 13.7. The third-order valence-corrected chi connectivity index (χ3v) is 2.26. The van der Waals surface area contributed by atoms with E-state index in [-0.39, 0.29) is 0 Å². The van der Waals surface area contributed by atoms with E-state index in [0.717, 1.165) is 33.4 Å². The van der Waals surface area contributed by atoms with Crippen LogP contribution in [0.15, 0.2) is 174 Å². The van der Waals surface area contributed by atoms with Crippen molar-refractivity contribution >= 4 is 0 Å². The minimum Gasteiger partial charge on any atom is -0.0991 e. The monoisotopic (exact) mass is 462 g/mol. The van der Waals surface area contributed by atoms with Crippen molar-refractivity contribution in [1.82, 2.24) is 0 Å². The zero-order valence-electron chi connectivity index (χ0n) is 23.5. The van der Waals surface area contributed by atoms with Crippen LogP contribution in [0.5, 0.6) is 0 Å². The highest BCUT2D eigenvalue weighted by Gasteiger charge is 1.61. The van der Waals surface area contributed by atoms with Crippen LogP contribution >= 0.6 is 0 Å². The summed E-state index contributed by atoms with van der Waals surface area (Å²) in [5, 5.41) is 0. The molecule has 34 heavy (non-hydrogen) atoms. The van der Waals surface area contributed by atoms with E-state index < -0.39 is 0 Å². The molecule has 0 aromatic rings. The van der Waals surface area contributed by atoms with Crippen molar-refractivity contribution in [1.29, 1.82) is 0 Å². The first-order valence-electron chi connectivity index (χ1n) is 10.5. The number of rotatable bonds is 7. The largest absolute Gasteiger partial charge is 0.0991 e. The first kappa shape index (κ1) is 48.0. The highest BCUT2D eigenvalue weighted by Crippen LogP contribution is 1.83. The van der Waals surface area contributed by atoms with E-state index in [9.17, 15) is 0 Å². The summed E-state index contributed by atoms with van der Waals surface area (Å²) in [6, 6.07) is 0. The number of hydrogen-bond acceptors (Lipinski definition) is 0. The second kappa shape index (κ2) is 47.2. The van der Waals surface area contributed by atoms with E-state index in [4.69, 9.17) is 0 Å². The van der Waals surface area contributed by atoms with Gasteiger partial charge in [0.05, 0.1) is 0 Å². The summed E-state index contributed by atoms with van der Waals surface area (Å²) < 4.78 is 0. The average molecular weight is 463 g/mol. The molecule has 0 aromatic heterocycles. The molecule has 0 aliphatic carbocycles. The molecule has 0 heteroatoms. The fourth-order valence-corrected chi connectivity index (χ4v) is 0. The van der Waals surface area contributed by atoms with Crippen molar-refractivity contribution in [3.8, 4) is 0 Å². The fourth-order valence-electron chi connectivity index (χ4n) is 0. The van der Waals surface area contributed by atoms with E-state index in [1.807, 2.05) is 41.5 Å². The zero-order chi connectivity index (χ0) is 29.1. The van der Waals surface area contributed by atoms with Gasteiger partial charge in [0.1, 0.15) is 0 Å². The first-order chi connectivity index (χ1) is 15.5. The van der Waals surface area contributed by atoms with Crippen LogP contribution in [0.3, 0.4) is 0 Å².